The lowest BCUT2D eigenvalue weighted by atomic mass is 9.79. The van der Waals surface area contributed by atoms with Crippen molar-refractivity contribution in [1.29, 1.82) is 0 Å². The minimum Gasteiger partial charge on any atom is -0.391 e. The van der Waals surface area contributed by atoms with Crippen LogP contribution in [0, 0.1) is 23.2 Å². The maximum Gasteiger partial charge on any atom is 0.225 e. The van der Waals surface area contributed by atoms with Crippen molar-refractivity contribution in [1.82, 2.24) is 15.1 Å². The summed E-state index contributed by atoms with van der Waals surface area (Å²) >= 11 is 0. The zero-order chi connectivity index (χ0) is 26.9. The fourth-order valence-corrected chi connectivity index (χ4v) is 4.78. The number of nitrogens with zero attached hydrogens (tertiary/aromatic N) is 2. The molecule has 204 valence electrons. The highest BCUT2D eigenvalue weighted by Crippen LogP contribution is 2.35. The van der Waals surface area contributed by atoms with Crippen LogP contribution in [0.25, 0.3) is 10.9 Å². The summed E-state index contributed by atoms with van der Waals surface area (Å²) in [5, 5.41) is 30.7. The summed E-state index contributed by atoms with van der Waals surface area (Å²) in [5.74, 6) is 0.0978. The number of fused-ring (bicyclic) bond motifs is 1. The fourth-order valence-electron chi connectivity index (χ4n) is 4.78. The average Bonchev–Trinajstić information content (AvgIpc) is 3.25. The van der Waals surface area contributed by atoms with Crippen LogP contribution in [-0.2, 0) is 16.1 Å². The standard InChI is InChI=1S/C29H49N3O4/c1-8-9-13-29(5,6)28(35)30-19-26(33)21(4)16-24(20(2)3)27(34)22-11-12-23-18-31-32(25(23)17-22)14-10-15-36-7/h11-12,17-18,20-21,24,26-27,33-34H,8-10,13-16,19H2,1-7H3,(H,30,35)/t21-,24-,26+,27?/m0/s1. The first-order valence-corrected chi connectivity index (χ1v) is 13.6. The Morgan fingerprint density at radius 1 is 1.19 bits per heavy atom. The first kappa shape index (κ1) is 30.3. The summed E-state index contributed by atoms with van der Waals surface area (Å²) in [4.78, 5) is 12.6. The lowest BCUT2D eigenvalue weighted by molar-refractivity contribution is -0.130. The number of benzene rings is 1. The summed E-state index contributed by atoms with van der Waals surface area (Å²) in [6, 6.07) is 6.03. The Hall–Kier alpha value is -1.96. The van der Waals surface area contributed by atoms with E-state index in [4.69, 9.17) is 4.74 Å². The van der Waals surface area contributed by atoms with E-state index in [0.29, 0.717) is 13.0 Å². The number of aliphatic hydroxyl groups is 2. The molecule has 0 radical (unpaired) electrons. The van der Waals surface area contributed by atoms with Crippen molar-refractivity contribution >= 4 is 16.8 Å². The number of unbranched alkanes of at least 4 members (excludes halogenated alkanes) is 1. The Morgan fingerprint density at radius 3 is 2.56 bits per heavy atom. The highest BCUT2D eigenvalue weighted by molar-refractivity contribution is 5.81. The van der Waals surface area contributed by atoms with Crippen LogP contribution in [0.3, 0.4) is 0 Å². The Balaban J connectivity index is 2.05. The molecule has 36 heavy (non-hydrogen) atoms. The lowest BCUT2D eigenvalue weighted by Crippen LogP contribution is -2.42. The van der Waals surface area contributed by atoms with E-state index in [2.05, 4.69) is 31.2 Å². The first-order valence-electron chi connectivity index (χ1n) is 13.6. The number of amides is 1. The molecule has 0 aliphatic rings. The van der Waals surface area contributed by atoms with Gasteiger partial charge in [0.1, 0.15) is 0 Å². The predicted molar refractivity (Wildman–Crippen MR) is 146 cm³/mol. The number of nitrogens with one attached hydrogen (secondary N) is 1. The summed E-state index contributed by atoms with van der Waals surface area (Å²) in [6.07, 6.45) is 4.94. The fraction of sp³-hybridized carbons (Fsp3) is 0.724. The monoisotopic (exact) mass is 503 g/mol. The molecular weight excluding hydrogens is 454 g/mol. The zero-order valence-corrected chi connectivity index (χ0v) is 23.5. The molecule has 0 fully saturated rings. The number of hydrogen-bond donors (Lipinski definition) is 3. The van der Waals surface area contributed by atoms with E-state index in [1.165, 1.54) is 0 Å². The van der Waals surface area contributed by atoms with Gasteiger partial charge < -0.3 is 20.3 Å². The smallest absolute Gasteiger partial charge is 0.225 e. The van der Waals surface area contributed by atoms with Gasteiger partial charge in [-0.15, -0.1) is 0 Å². The number of aliphatic hydroxyl groups excluding tert-OH is 2. The molecule has 1 amide bonds. The van der Waals surface area contributed by atoms with Crippen molar-refractivity contribution in [2.75, 3.05) is 20.3 Å². The Bertz CT molecular complexity index is 940. The first-order chi connectivity index (χ1) is 17.0. The number of aromatic nitrogens is 2. The molecule has 2 aromatic rings. The number of methoxy groups -OCH3 is 1. The molecule has 1 aromatic heterocycles. The van der Waals surface area contributed by atoms with Crippen LogP contribution < -0.4 is 5.32 Å². The van der Waals surface area contributed by atoms with Crippen molar-refractivity contribution < 1.29 is 19.7 Å². The van der Waals surface area contributed by atoms with Crippen LogP contribution in [0.5, 0.6) is 0 Å². The normalized spacial score (nSPS) is 15.7. The van der Waals surface area contributed by atoms with Crippen molar-refractivity contribution in [3.8, 4) is 0 Å². The molecule has 1 unspecified atom stereocenters. The second-order valence-corrected chi connectivity index (χ2v) is 11.4. The van der Waals surface area contributed by atoms with Gasteiger partial charge in [-0.1, -0.05) is 66.5 Å². The molecule has 0 saturated carbocycles. The molecule has 0 spiro atoms. The summed E-state index contributed by atoms with van der Waals surface area (Å²) in [6.45, 7) is 13.9. The predicted octanol–water partition coefficient (Wildman–Crippen LogP) is 5.10. The largest absolute Gasteiger partial charge is 0.391 e. The Morgan fingerprint density at radius 2 is 1.92 bits per heavy atom. The minimum absolute atomic E-state index is 0.0157. The molecule has 7 nitrogen and oxygen atoms in total. The molecule has 1 aromatic carbocycles. The average molecular weight is 504 g/mol. The van der Waals surface area contributed by atoms with Crippen LogP contribution in [0.2, 0.25) is 0 Å². The third-order valence-electron chi connectivity index (χ3n) is 7.53. The number of hydrogen-bond acceptors (Lipinski definition) is 5. The number of ether oxygens (including phenoxy) is 1. The van der Waals surface area contributed by atoms with Gasteiger partial charge >= 0.3 is 0 Å². The summed E-state index contributed by atoms with van der Waals surface area (Å²) in [7, 11) is 1.70. The van der Waals surface area contributed by atoms with Gasteiger partial charge in [-0.25, -0.2) is 0 Å². The Kier molecular flexibility index (Phi) is 11.9. The van der Waals surface area contributed by atoms with Gasteiger partial charge in [0.25, 0.3) is 0 Å². The van der Waals surface area contributed by atoms with Gasteiger partial charge in [0, 0.05) is 37.6 Å². The highest BCUT2D eigenvalue weighted by Gasteiger charge is 2.31. The highest BCUT2D eigenvalue weighted by atomic mass is 16.5. The molecule has 0 saturated heterocycles. The van der Waals surface area contributed by atoms with Crippen LogP contribution in [0.4, 0.5) is 0 Å². The molecule has 0 aliphatic heterocycles. The zero-order valence-electron chi connectivity index (χ0n) is 23.5. The topological polar surface area (TPSA) is 96.6 Å². The van der Waals surface area contributed by atoms with E-state index < -0.39 is 17.6 Å². The molecule has 2 rings (SSSR count). The molecular formula is C29H49N3O4. The second kappa shape index (κ2) is 14.1. The van der Waals surface area contributed by atoms with Crippen molar-refractivity contribution in [3.05, 3.63) is 30.0 Å². The van der Waals surface area contributed by atoms with E-state index in [1.807, 2.05) is 49.8 Å². The van der Waals surface area contributed by atoms with Gasteiger partial charge in [0.15, 0.2) is 0 Å². The molecule has 3 N–H and O–H groups in total. The van der Waals surface area contributed by atoms with Crippen LogP contribution in [-0.4, -0.2) is 52.3 Å². The molecule has 4 atom stereocenters. The molecule has 7 heteroatoms. The van der Waals surface area contributed by atoms with E-state index in [9.17, 15) is 15.0 Å². The van der Waals surface area contributed by atoms with Crippen LogP contribution in [0.1, 0.15) is 85.3 Å². The number of carbonyl (C=O) groups is 1. The third kappa shape index (κ3) is 8.29. The van der Waals surface area contributed by atoms with E-state index in [-0.39, 0.29) is 30.2 Å². The SMILES string of the molecule is CCCCC(C)(C)C(=O)NC[C@@H](O)[C@@H](C)C[C@@H](C(C)C)C(O)c1ccc2cnn(CCCOC)c2c1. The van der Waals surface area contributed by atoms with Crippen molar-refractivity contribution in [2.24, 2.45) is 23.2 Å². The maximum atomic E-state index is 12.6. The molecule has 0 aliphatic carbocycles. The van der Waals surface area contributed by atoms with Gasteiger partial charge in [-0.3, -0.25) is 9.48 Å². The van der Waals surface area contributed by atoms with E-state index in [1.54, 1.807) is 7.11 Å². The van der Waals surface area contributed by atoms with E-state index in [0.717, 1.165) is 48.7 Å². The quantitative estimate of drug-likeness (QED) is 0.277. The molecule has 0 bridgehead atoms. The van der Waals surface area contributed by atoms with Crippen molar-refractivity contribution in [2.45, 2.75) is 92.4 Å². The van der Waals surface area contributed by atoms with Gasteiger partial charge in [-0.05, 0) is 48.6 Å². The van der Waals surface area contributed by atoms with Gasteiger partial charge in [0.05, 0.1) is 23.9 Å². The second-order valence-electron chi connectivity index (χ2n) is 11.4. The number of carbonyl (C=O) groups excluding carboxylic acids is 1. The van der Waals surface area contributed by atoms with Crippen molar-refractivity contribution in [3.63, 3.8) is 0 Å². The third-order valence-corrected chi connectivity index (χ3v) is 7.53. The summed E-state index contributed by atoms with van der Waals surface area (Å²) in [5.41, 5.74) is 1.43. The lowest BCUT2D eigenvalue weighted by Gasteiger charge is -2.31. The minimum atomic E-state index is -0.672. The van der Waals surface area contributed by atoms with E-state index >= 15 is 0 Å². The maximum absolute atomic E-state index is 12.6. The Labute approximate surface area is 217 Å². The van der Waals surface area contributed by atoms with Gasteiger partial charge in [-0.2, -0.15) is 5.10 Å². The number of aryl methyl sites for hydroxylation is 1. The number of rotatable bonds is 16. The van der Waals surface area contributed by atoms with Crippen LogP contribution >= 0.6 is 0 Å². The summed E-state index contributed by atoms with van der Waals surface area (Å²) < 4.78 is 7.13. The molecule has 1 heterocycles. The van der Waals surface area contributed by atoms with Crippen LogP contribution in [0.15, 0.2) is 24.4 Å². The van der Waals surface area contributed by atoms with Gasteiger partial charge in [0.2, 0.25) is 5.91 Å².